The summed E-state index contributed by atoms with van der Waals surface area (Å²) in [6, 6.07) is 7.32. The van der Waals surface area contributed by atoms with Gasteiger partial charge in [-0.2, -0.15) is 0 Å². The molecule has 2 aromatic rings. The van der Waals surface area contributed by atoms with Crippen molar-refractivity contribution in [2.45, 2.75) is 18.9 Å². The number of hydrogen-bond acceptors (Lipinski definition) is 6. The molecular formula is C22H31FN6O2. The van der Waals surface area contributed by atoms with Crippen molar-refractivity contribution in [2.75, 3.05) is 58.4 Å². The molecule has 2 heterocycles. The van der Waals surface area contributed by atoms with E-state index in [1.54, 1.807) is 30.1 Å². The molecule has 1 aliphatic rings. The van der Waals surface area contributed by atoms with Gasteiger partial charge in [0.25, 0.3) is 0 Å². The standard InChI is InChI=1S/C22H31FN6O2/c1-27(2)12-13-29-10-7-17(8-11-29)28(3)22(30)26-21-15-18(6-9-25-21)31-20-5-4-16(24)14-19(20)23/h4-6,9,14-15,17H,7-8,10-13,24H2,1-3H3,(H,25,26,30). The lowest BCUT2D eigenvalue weighted by atomic mass is 10.0. The van der Waals surface area contributed by atoms with Crippen LogP contribution in [0.2, 0.25) is 0 Å². The minimum atomic E-state index is -0.556. The zero-order valence-electron chi connectivity index (χ0n) is 18.3. The van der Waals surface area contributed by atoms with Crippen LogP contribution in [0.25, 0.3) is 0 Å². The largest absolute Gasteiger partial charge is 0.454 e. The van der Waals surface area contributed by atoms with Crippen LogP contribution >= 0.6 is 0 Å². The molecule has 3 N–H and O–H groups in total. The summed E-state index contributed by atoms with van der Waals surface area (Å²) in [6.45, 7) is 4.03. The summed E-state index contributed by atoms with van der Waals surface area (Å²) in [5.74, 6) is 0.203. The van der Waals surface area contributed by atoms with E-state index < -0.39 is 5.82 Å². The molecule has 0 spiro atoms. The highest BCUT2D eigenvalue weighted by atomic mass is 19.1. The first-order valence-corrected chi connectivity index (χ1v) is 10.4. The molecule has 1 fully saturated rings. The van der Waals surface area contributed by atoms with Crippen molar-refractivity contribution in [3.8, 4) is 11.5 Å². The number of nitrogens with two attached hydrogens (primary N) is 1. The van der Waals surface area contributed by atoms with Crippen molar-refractivity contribution in [1.82, 2.24) is 19.7 Å². The van der Waals surface area contributed by atoms with Crippen molar-refractivity contribution in [2.24, 2.45) is 0 Å². The second-order valence-corrected chi connectivity index (χ2v) is 8.09. The third-order valence-electron chi connectivity index (χ3n) is 5.44. The number of pyridine rings is 1. The molecule has 1 aromatic carbocycles. The maximum Gasteiger partial charge on any atom is 0.323 e. The molecule has 31 heavy (non-hydrogen) atoms. The molecule has 9 heteroatoms. The average molecular weight is 431 g/mol. The molecule has 1 aliphatic heterocycles. The summed E-state index contributed by atoms with van der Waals surface area (Å²) < 4.78 is 19.5. The molecule has 1 aromatic heterocycles. The van der Waals surface area contributed by atoms with Gasteiger partial charge in [0.05, 0.1) is 0 Å². The average Bonchev–Trinajstić information content (AvgIpc) is 2.74. The number of rotatable bonds is 7. The van der Waals surface area contributed by atoms with Crippen molar-refractivity contribution >= 4 is 17.5 Å². The number of nitrogens with one attached hydrogen (secondary N) is 1. The fraction of sp³-hybridized carbons (Fsp3) is 0.455. The van der Waals surface area contributed by atoms with Crippen LogP contribution in [-0.4, -0.2) is 79.1 Å². The van der Waals surface area contributed by atoms with Gasteiger partial charge in [0.1, 0.15) is 11.6 Å². The molecule has 0 atom stereocenters. The van der Waals surface area contributed by atoms with E-state index in [0.29, 0.717) is 17.3 Å². The first-order valence-electron chi connectivity index (χ1n) is 10.4. The number of nitrogens with zero attached hydrogens (tertiary/aromatic N) is 4. The summed E-state index contributed by atoms with van der Waals surface area (Å²) in [4.78, 5) is 23.2. The number of carbonyl (C=O) groups excluding carboxylic acids is 1. The molecular weight excluding hydrogens is 399 g/mol. The predicted octanol–water partition coefficient (Wildman–Crippen LogP) is 3.08. The van der Waals surface area contributed by atoms with Gasteiger partial charge in [-0.3, -0.25) is 5.32 Å². The van der Waals surface area contributed by atoms with E-state index in [2.05, 4.69) is 34.2 Å². The summed E-state index contributed by atoms with van der Waals surface area (Å²) >= 11 is 0. The number of aromatic nitrogens is 1. The van der Waals surface area contributed by atoms with Gasteiger partial charge < -0.3 is 25.2 Å². The van der Waals surface area contributed by atoms with Crippen LogP contribution in [0.5, 0.6) is 11.5 Å². The van der Waals surface area contributed by atoms with Gasteiger partial charge in [0.15, 0.2) is 11.6 Å². The normalized spacial score (nSPS) is 15.1. The van der Waals surface area contributed by atoms with E-state index >= 15 is 0 Å². The third-order valence-corrected chi connectivity index (χ3v) is 5.44. The molecule has 2 amide bonds. The number of ether oxygens (including phenoxy) is 1. The second-order valence-electron chi connectivity index (χ2n) is 8.09. The Bertz CT molecular complexity index is 886. The number of benzene rings is 1. The van der Waals surface area contributed by atoms with E-state index in [1.165, 1.54) is 18.3 Å². The van der Waals surface area contributed by atoms with Crippen LogP contribution < -0.4 is 15.8 Å². The highest BCUT2D eigenvalue weighted by molar-refractivity contribution is 5.88. The number of anilines is 2. The number of likely N-dealkylation sites (tertiary alicyclic amines) is 1. The molecule has 0 aliphatic carbocycles. The van der Waals surface area contributed by atoms with Gasteiger partial charge >= 0.3 is 6.03 Å². The topological polar surface area (TPSA) is 87.0 Å². The Labute approximate surface area is 182 Å². The van der Waals surface area contributed by atoms with Crippen LogP contribution in [0.3, 0.4) is 0 Å². The maximum absolute atomic E-state index is 14.0. The molecule has 0 unspecified atom stereocenters. The molecule has 1 saturated heterocycles. The van der Waals surface area contributed by atoms with E-state index in [-0.39, 0.29) is 17.8 Å². The lowest BCUT2D eigenvalue weighted by Crippen LogP contribution is -2.48. The Kier molecular flexibility index (Phi) is 7.64. The SMILES string of the molecule is CN(C)CCN1CCC(N(C)C(=O)Nc2cc(Oc3ccc(N)cc3F)ccn2)CC1. The van der Waals surface area contributed by atoms with Crippen LogP contribution in [0.1, 0.15) is 12.8 Å². The minimum absolute atomic E-state index is 0.0517. The van der Waals surface area contributed by atoms with Crippen molar-refractivity contribution in [3.63, 3.8) is 0 Å². The van der Waals surface area contributed by atoms with Gasteiger partial charge in [-0.25, -0.2) is 14.2 Å². The number of nitrogen functional groups attached to an aromatic ring is 1. The van der Waals surface area contributed by atoms with Gasteiger partial charge in [-0.1, -0.05) is 0 Å². The lowest BCUT2D eigenvalue weighted by Gasteiger charge is -2.37. The number of amides is 2. The Morgan fingerprint density at radius 2 is 2.00 bits per heavy atom. The second kappa shape index (κ2) is 10.4. The summed E-state index contributed by atoms with van der Waals surface area (Å²) in [5.41, 5.74) is 5.88. The fourth-order valence-electron chi connectivity index (χ4n) is 3.51. The molecule has 0 bridgehead atoms. The van der Waals surface area contributed by atoms with E-state index in [0.717, 1.165) is 39.0 Å². The fourth-order valence-corrected chi connectivity index (χ4v) is 3.51. The molecule has 0 saturated carbocycles. The molecule has 8 nitrogen and oxygen atoms in total. The van der Waals surface area contributed by atoms with E-state index in [9.17, 15) is 9.18 Å². The van der Waals surface area contributed by atoms with Crippen molar-refractivity contribution in [3.05, 3.63) is 42.3 Å². The van der Waals surface area contributed by atoms with Gasteiger partial charge in [0, 0.05) is 63.3 Å². The summed E-state index contributed by atoms with van der Waals surface area (Å²) in [7, 11) is 5.95. The highest BCUT2D eigenvalue weighted by Gasteiger charge is 2.25. The van der Waals surface area contributed by atoms with Crippen LogP contribution in [0.15, 0.2) is 36.5 Å². The van der Waals surface area contributed by atoms with E-state index in [1.807, 2.05) is 0 Å². The minimum Gasteiger partial charge on any atom is -0.454 e. The number of likely N-dealkylation sites (N-methyl/N-ethyl adjacent to an activating group) is 1. The smallest absolute Gasteiger partial charge is 0.323 e. The third kappa shape index (κ3) is 6.53. The van der Waals surface area contributed by atoms with Crippen LogP contribution in [-0.2, 0) is 0 Å². The molecule has 3 rings (SSSR count). The number of halogens is 1. The van der Waals surface area contributed by atoms with Crippen LogP contribution in [0.4, 0.5) is 20.7 Å². The first-order chi connectivity index (χ1) is 14.8. The Hall–Kier alpha value is -2.91. The Morgan fingerprint density at radius 3 is 2.68 bits per heavy atom. The Morgan fingerprint density at radius 1 is 1.26 bits per heavy atom. The number of urea groups is 1. The molecule has 168 valence electrons. The zero-order chi connectivity index (χ0) is 22.4. The zero-order valence-corrected chi connectivity index (χ0v) is 18.3. The number of carbonyl (C=O) groups is 1. The predicted molar refractivity (Wildman–Crippen MR) is 120 cm³/mol. The van der Waals surface area contributed by atoms with Crippen molar-refractivity contribution < 1.29 is 13.9 Å². The van der Waals surface area contributed by atoms with Crippen LogP contribution in [0, 0.1) is 5.82 Å². The number of hydrogen-bond donors (Lipinski definition) is 2. The lowest BCUT2D eigenvalue weighted by molar-refractivity contribution is 0.135. The van der Waals surface area contributed by atoms with Gasteiger partial charge in [-0.15, -0.1) is 0 Å². The monoisotopic (exact) mass is 430 g/mol. The quantitative estimate of drug-likeness (QED) is 0.657. The first kappa shape index (κ1) is 22.8. The summed E-state index contributed by atoms with van der Waals surface area (Å²) in [6.07, 6.45) is 3.37. The summed E-state index contributed by atoms with van der Waals surface area (Å²) in [5, 5.41) is 2.80. The maximum atomic E-state index is 14.0. The molecule has 0 radical (unpaired) electrons. The van der Waals surface area contributed by atoms with Crippen molar-refractivity contribution in [1.29, 1.82) is 0 Å². The highest BCUT2D eigenvalue weighted by Crippen LogP contribution is 2.27. The number of piperidine rings is 1. The van der Waals surface area contributed by atoms with E-state index in [4.69, 9.17) is 10.5 Å². The Balaban J connectivity index is 1.54. The van der Waals surface area contributed by atoms with Gasteiger partial charge in [-0.05, 0) is 45.1 Å². The van der Waals surface area contributed by atoms with Gasteiger partial charge in [0.2, 0.25) is 0 Å².